The van der Waals surface area contributed by atoms with E-state index in [1.807, 2.05) is 0 Å². The van der Waals surface area contributed by atoms with E-state index < -0.39 is 0 Å². The third-order valence-corrected chi connectivity index (χ3v) is 4.16. The van der Waals surface area contributed by atoms with Crippen LogP contribution in [-0.4, -0.2) is 38.5 Å². The van der Waals surface area contributed by atoms with Crippen LogP contribution in [0, 0.1) is 5.92 Å². The van der Waals surface area contributed by atoms with E-state index in [1.165, 1.54) is 25.7 Å². The zero-order valence-corrected chi connectivity index (χ0v) is 12.6. The van der Waals surface area contributed by atoms with E-state index in [9.17, 15) is 0 Å². The van der Waals surface area contributed by atoms with Gasteiger partial charge in [0, 0.05) is 26.4 Å². The van der Waals surface area contributed by atoms with Gasteiger partial charge in [-0.1, -0.05) is 13.3 Å². The molecule has 1 saturated carbocycles. The summed E-state index contributed by atoms with van der Waals surface area (Å²) in [5, 5.41) is 3.59. The zero-order valence-electron chi connectivity index (χ0n) is 12.6. The van der Waals surface area contributed by atoms with Crippen molar-refractivity contribution in [2.75, 3.05) is 26.9 Å². The van der Waals surface area contributed by atoms with Gasteiger partial charge >= 0.3 is 0 Å². The van der Waals surface area contributed by atoms with Crippen molar-refractivity contribution in [3.8, 4) is 0 Å². The van der Waals surface area contributed by atoms with Crippen LogP contribution in [0.5, 0.6) is 0 Å². The minimum Gasteiger partial charge on any atom is -0.381 e. The van der Waals surface area contributed by atoms with Crippen LogP contribution in [0.15, 0.2) is 0 Å². The van der Waals surface area contributed by atoms with Crippen LogP contribution in [0.3, 0.4) is 0 Å². The Labute approximate surface area is 113 Å². The lowest BCUT2D eigenvalue weighted by Crippen LogP contribution is -2.32. The highest BCUT2D eigenvalue weighted by Gasteiger charge is 2.25. The average molecular weight is 257 g/mol. The molecule has 108 valence electrons. The molecule has 0 spiro atoms. The first-order valence-electron chi connectivity index (χ1n) is 7.45. The summed E-state index contributed by atoms with van der Waals surface area (Å²) in [5.74, 6) is 0.820. The molecule has 0 saturated heterocycles. The molecule has 1 N–H and O–H groups in total. The fraction of sp³-hybridized carbons (Fsp3) is 1.00. The second-order valence-corrected chi connectivity index (χ2v) is 5.97. The Morgan fingerprint density at radius 1 is 1.22 bits per heavy atom. The molecule has 0 aromatic rings. The molecule has 0 heterocycles. The van der Waals surface area contributed by atoms with Crippen LogP contribution in [0.2, 0.25) is 0 Å². The molecule has 2 atom stereocenters. The second-order valence-electron chi connectivity index (χ2n) is 5.97. The normalized spacial score (nSPS) is 24.7. The minimum atomic E-state index is -0.0559. The van der Waals surface area contributed by atoms with Gasteiger partial charge in [0.25, 0.3) is 0 Å². The lowest BCUT2D eigenvalue weighted by atomic mass is 10.00. The Bertz CT molecular complexity index is 219. The summed E-state index contributed by atoms with van der Waals surface area (Å²) in [4.78, 5) is 0. The Kier molecular flexibility index (Phi) is 7.20. The molecule has 1 rings (SSSR count). The highest BCUT2D eigenvalue weighted by molar-refractivity contribution is 4.82. The molecule has 3 heteroatoms. The van der Waals surface area contributed by atoms with E-state index in [0.29, 0.717) is 0 Å². The summed E-state index contributed by atoms with van der Waals surface area (Å²) in [6.07, 6.45) is 6.24. The van der Waals surface area contributed by atoms with E-state index >= 15 is 0 Å². The van der Waals surface area contributed by atoms with Crippen LogP contribution in [-0.2, 0) is 9.47 Å². The van der Waals surface area contributed by atoms with Gasteiger partial charge in [0.15, 0.2) is 0 Å². The highest BCUT2D eigenvalue weighted by atomic mass is 16.5. The summed E-state index contributed by atoms with van der Waals surface area (Å²) in [6.45, 7) is 9.19. The fourth-order valence-electron chi connectivity index (χ4n) is 2.67. The predicted molar refractivity (Wildman–Crippen MR) is 75.9 cm³/mol. The topological polar surface area (TPSA) is 30.5 Å². The van der Waals surface area contributed by atoms with Crippen molar-refractivity contribution < 1.29 is 9.47 Å². The van der Waals surface area contributed by atoms with E-state index in [-0.39, 0.29) is 5.60 Å². The Balaban J connectivity index is 2.07. The summed E-state index contributed by atoms with van der Waals surface area (Å²) in [7, 11) is 1.76. The van der Waals surface area contributed by atoms with Crippen LogP contribution >= 0.6 is 0 Å². The molecule has 1 aliphatic carbocycles. The first-order chi connectivity index (χ1) is 8.59. The van der Waals surface area contributed by atoms with E-state index in [4.69, 9.17) is 9.47 Å². The summed E-state index contributed by atoms with van der Waals surface area (Å²) in [5.41, 5.74) is -0.0559. The molecule has 0 aromatic carbocycles. The summed E-state index contributed by atoms with van der Waals surface area (Å²) < 4.78 is 11.1. The lowest BCUT2D eigenvalue weighted by molar-refractivity contribution is -0.0113. The Hall–Kier alpha value is -0.120. The number of nitrogens with one attached hydrogen (secondary N) is 1. The van der Waals surface area contributed by atoms with Gasteiger partial charge in [-0.3, -0.25) is 0 Å². The molecular weight excluding hydrogens is 226 g/mol. The van der Waals surface area contributed by atoms with Crippen molar-refractivity contribution >= 4 is 0 Å². The van der Waals surface area contributed by atoms with Crippen LogP contribution in [0.4, 0.5) is 0 Å². The molecule has 0 amide bonds. The predicted octanol–water partition coefficient (Wildman–Crippen LogP) is 2.99. The SMILES string of the molecule is CCNC1CCCC1CCOCCC(C)(C)OC. The fourth-order valence-corrected chi connectivity index (χ4v) is 2.67. The third kappa shape index (κ3) is 5.68. The molecular formula is C15H31NO2. The second kappa shape index (κ2) is 8.13. The molecule has 0 bridgehead atoms. The van der Waals surface area contributed by atoms with Crippen LogP contribution in [0.25, 0.3) is 0 Å². The molecule has 18 heavy (non-hydrogen) atoms. The molecule has 0 radical (unpaired) electrons. The van der Waals surface area contributed by atoms with E-state index in [2.05, 4.69) is 26.1 Å². The van der Waals surface area contributed by atoms with Gasteiger partial charge < -0.3 is 14.8 Å². The Morgan fingerprint density at radius 2 is 2.00 bits per heavy atom. The number of methoxy groups -OCH3 is 1. The summed E-state index contributed by atoms with van der Waals surface area (Å²) in [6, 6.07) is 0.731. The average Bonchev–Trinajstić information content (AvgIpc) is 2.77. The first-order valence-corrected chi connectivity index (χ1v) is 7.45. The van der Waals surface area contributed by atoms with Crippen molar-refractivity contribution in [1.29, 1.82) is 0 Å². The van der Waals surface area contributed by atoms with Crippen LogP contribution in [0.1, 0.15) is 52.9 Å². The number of rotatable bonds is 9. The van der Waals surface area contributed by atoms with Crippen LogP contribution < -0.4 is 5.32 Å². The molecule has 1 fully saturated rings. The van der Waals surface area contributed by atoms with Gasteiger partial charge in [-0.15, -0.1) is 0 Å². The number of hydrogen-bond acceptors (Lipinski definition) is 3. The number of hydrogen-bond donors (Lipinski definition) is 1. The molecule has 0 aliphatic heterocycles. The summed E-state index contributed by atoms with van der Waals surface area (Å²) >= 11 is 0. The van der Waals surface area contributed by atoms with Gasteiger partial charge in [0.2, 0.25) is 0 Å². The van der Waals surface area contributed by atoms with Crippen molar-refractivity contribution in [3.63, 3.8) is 0 Å². The largest absolute Gasteiger partial charge is 0.381 e. The smallest absolute Gasteiger partial charge is 0.0644 e. The van der Waals surface area contributed by atoms with Gasteiger partial charge in [0.1, 0.15) is 0 Å². The molecule has 1 aliphatic rings. The van der Waals surface area contributed by atoms with Gasteiger partial charge in [0.05, 0.1) is 5.60 Å². The standard InChI is InChI=1S/C15H31NO2/c1-5-16-14-8-6-7-13(14)9-11-18-12-10-15(2,3)17-4/h13-14,16H,5-12H2,1-4H3. The van der Waals surface area contributed by atoms with Gasteiger partial charge in [-0.25, -0.2) is 0 Å². The molecule has 0 aromatic heterocycles. The highest BCUT2D eigenvalue weighted by Crippen LogP contribution is 2.28. The number of ether oxygens (including phenoxy) is 2. The quantitative estimate of drug-likeness (QED) is 0.644. The lowest BCUT2D eigenvalue weighted by Gasteiger charge is -2.23. The zero-order chi connectivity index (χ0) is 13.4. The minimum absolute atomic E-state index is 0.0559. The van der Waals surface area contributed by atoms with Crippen molar-refractivity contribution in [1.82, 2.24) is 5.32 Å². The van der Waals surface area contributed by atoms with E-state index in [1.54, 1.807) is 7.11 Å². The third-order valence-electron chi connectivity index (χ3n) is 4.16. The first kappa shape index (κ1) is 15.9. The maximum Gasteiger partial charge on any atom is 0.0644 e. The molecule has 3 nitrogen and oxygen atoms in total. The maximum atomic E-state index is 5.75. The van der Waals surface area contributed by atoms with Gasteiger partial charge in [-0.05, 0) is 52.0 Å². The van der Waals surface area contributed by atoms with Crippen molar-refractivity contribution in [2.45, 2.75) is 64.5 Å². The van der Waals surface area contributed by atoms with Crippen molar-refractivity contribution in [2.24, 2.45) is 5.92 Å². The van der Waals surface area contributed by atoms with E-state index in [0.717, 1.165) is 38.1 Å². The maximum absolute atomic E-state index is 5.75. The van der Waals surface area contributed by atoms with Crippen molar-refractivity contribution in [3.05, 3.63) is 0 Å². The Morgan fingerprint density at radius 3 is 2.67 bits per heavy atom. The molecule has 2 unspecified atom stereocenters. The monoisotopic (exact) mass is 257 g/mol. The van der Waals surface area contributed by atoms with Gasteiger partial charge in [-0.2, -0.15) is 0 Å².